The molecule has 32 heavy (non-hydrogen) atoms. The Hall–Kier alpha value is -2.79. The number of halogens is 3. The summed E-state index contributed by atoms with van der Waals surface area (Å²) in [7, 11) is 0. The molecule has 0 aliphatic carbocycles. The number of alkyl halides is 3. The number of likely N-dealkylation sites (tertiary alicyclic amines) is 1. The average molecular weight is 453 g/mol. The van der Waals surface area contributed by atoms with E-state index in [1.165, 1.54) is 6.42 Å². The van der Waals surface area contributed by atoms with E-state index in [0.717, 1.165) is 50.5 Å². The lowest BCUT2D eigenvalue weighted by molar-refractivity contribution is -0.192. The first-order chi connectivity index (χ1) is 15.2. The standard InChI is InChI=1S/C19H25N5O.C2HF3O2/c1-15-5-2-6-16(22-15)12-24-10-3-7-19(14-24)11-17(13-25-19)23-18-20-8-4-9-21-18;3-2(4,5)1(6)7/h2,4-6,8-9,17H,3,7,10-14H2,1H3,(H,20,21,23);(H,6,7). The van der Waals surface area contributed by atoms with Gasteiger partial charge in [-0.2, -0.15) is 13.2 Å². The van der Waals surface area contributed by atoms with E-state index in [9.17, 15) is 13.2 Å². The maximum absolute atomic E-state index is 10.6. The number of aryl methyl sites for hydroxylation is 1. The van der Waals surface area contributed by atoms with Crippen LogP contribution >= 0.6 is 0 Å². The van der Waals surface area contributed by atoms with Crippen LogP contribution in [0.4, 0.5) is 19.1 Å². The molecule has 4 heterocycles. The molecule has 2 unspecified atom stereocenters. The molecule has 11 heteroatoms. The van der Waals surface area contributed by atoms with Crippen molar-refractivity contribution in [1.29, 1.82) is 0 Å². The Labute approximate surface area is 183 Å². The molecule has 2 aliphatic rings. The van der Waals surface area contributed by atoms with Gasteiger partial charge in [-0.15, -0.1) is 0 Å². The maximum Gasteiger partial charge on any atom is 0.490 e. The second-order valence-corrected chi connectivity index (χ2v) is 8.00. The Balaban J connectivity index is 0.000000360. The Morgan fingerprint density at radius 2 is 2.03 bits per heavy atom. The zero-order chi connectivity index (χ0) is 23.2. The second-order valence-electron chi connectivity index (χ2n) is 8.00. The van der Waals surface area contributed by atoms with Crippen molar-refractivity contribution in [3.63, 3.8) is 0 Å². The summed E-state index contributed by atoms with van der Waals surface area (Å²) >= 11 is 0. The molecule has 0 radical (unpaired) electrons. The minimum atomic E-state index is -5.08. The molecule has 8 nitrogen and oxygen atoms in total. The second kappa shape index (κ2) is 10.2. The fourth-order valence-electron chi connectivity index (χ4n) is 4.02. The number of carboxylic acids is 1. The van der Waals surface area contributed by atoms with Crippen molar-refractivity contribution in [3.05, 3.63) is 48.0 Å². The van der Waals surface area contributed by atoms with Crippen molar-refractivity contribution in [2.75, 3.05) is 25.0 Å². The van der Waals surface area contributed by atoms with Gasteiger partial charge in [0.15, 0.2) is 0 Å². The van der Waals surface area contributed by atoms with E-state index in [-0.39, 0.29) is 11.6 Å². The summed E-state index contributed by atoms with van der Waals surface area (Å²) in [5.74, 6) is -2.07. The van der Waals surface area contributed by atoms with Crippen LogP contribution in [0.25, 0.3) is 0 Å². The van der Waals surface area contributed by atoms with Gasteiger partial charge >= 0.3 is 12.1 Å². The highest BCUT2D eigenvalue weighted by Gasteiger charge is 2.43. The van der Waals surface area contributed by atoms with E-state index >= 15 is 0 Å². The van der Waals surface area contributed by atoms with Crippen LogP contribution in [0.3, 0.4) is 0 Å². The van der Waals surface area contributed by atoms with Gasteiger partial charge in [0.25, 0.3) is 0 Å². The highest BCUT2D eigenvalue weighted by Crippen LogP contribution is 2.35. The number of carbonyl (C=O) groups is 1. The van der Waals surface area contributed by atoms with Gasteiger partial charge in [-0.05, 0) is 44.5 Å². The third-order valence-electron chi connectivity index (χ3n) is 5.30. The van der Waals surface area contributed by atoms with Gasteiger partial charge < -0.3 is 15.2 Å². The van der Waals surface area contributed by atoms with Crippen LogP contribution in [0.1, 0.15) is 30.7 Å². The quantitative estimate of drug-likeness (QED) is 0.729. The van der Waals surface area contributed by atoms with Crippen LogP contribution in [0.5, 0.6) is 0 Å². The lowest BCUT2D eigenvalue weighted by atomic mass is 9.88. The molecule has 2 aromatic heterocycles. The Morgan fingerprint density at radius 1 is 1.31 bits per heavy atom. The molecule has 1 spiro atoms. The van der Waals surface area contributed by atoms with Crippen molar-refractivity contribution in [1.82, 2.24) is 19.9 Å². The van der Waals surface area contributed by atoms with Crippen LogP contribution < -0.4 is 5.32 Å². The number of aromatic nitrogens is 3. The number of anilines is 1. The van der Waals surface area contributed by atoms with Gasteiger partial charge in [0.05, 0.1) is 23.9 Å². The highest BCUT2D eigenvalue weighted by atomic mass is 19.4. The van der Waals surface area contributed by atoms with E-state index < -0.39 is 12.1 Å². The third kappa shape index (κ3) is 6.86. The zero-order valence-electron chi connectivity index (χ0n) is 17.7. The number of hydrogen-bond acceptors (Lipinski definition) is 7. The van der Waals surface area contributed by atoms with Crippen molar-refractivity contribution < 1.29 is 27.8 Å². The van der Waals surface area contributed by atoms with Crippen LogP contribution in [0, 0.1) is 6.92 Å². The number of nitrogens with zero attached hydrogens (tertiary/aromatic N) is 4. The lowest BCUT2D eigenvalue weighted by Gasteiger charge is -2.39. The first kappa shape index (κ1) is 23.9. The van der Waals surface area contributed by atoms with Crippen molar-refractivity contribution >= 4 is 11.9 Å². The fourth-order valence-corrected chi connectivity index (χ4v) is 4.02. The fraction of sp³-hybridized carbons (Fsp3) is 0.524. The molecule has 0 saturated carbocycles. The molecule has 174 valence electrons. The normalized spacial score (nSPS) is 23.4. The van der Waals surface area contributed by atoms with Crippen LogP contribution in [0.2, 0.25) is 0 Å². The van der Waals surface area contributed by atoms with Gasteiger partial charge in [0.1, 0.15) is 0 Å². The van der Waals surface area contributed by atoms with Gasteiger partial charge in [0, 0.05) is 37.6 Å². The highest BCUT2D eigenvalue weighted by molar-refractivity contribution is 5.73. The van der Waals surface area contributed by atoms with Gasteiger partial charge in [-0.25, -0.2) is 14.8 Å². The molecular formula is C21H26F3N5O3. The molecular weight excluding hydrogens is 427 g/mol. The minimum Gasteiger partial charge on any atom is -0.475 e. The number of carboxylic acid groups (broad SMARTS) is 1. The predicted molar refractivity (Wildman–Crippen MR) is 110 cm³/mol. The zero-order valence-corrected chi connectivity index (χ0v) is 17.7. The Morgan fingerprint density at radius 3 is 2.69 bits per heavy atom. The van der Waals surface area contributed by atoms with E-state index in [1.54, 1.807) is 12.4 Å². The molecule has 4 rings (SSSR count). The van der Waals surface area contributed by atoms with E-state index in [0.29, 0.717) is 5.95 Å². The summed E-state index contributed by atoms with van der Waals surface area (Å²) in [5, 5.41) is 10.5. The number of hydrogen-bond donors (Lipinski definition) is 2. The largest absolute Gasteiger partial charge is 0.490 e. The molecule has 0 amide bonds. The van der Waals surface area contributed by atoms with E-state index in [4.69, 9.17) is 14.6 Å². The SMILES string of the molecule is Cc1cccc(CN2CCCC3(CC(Nc4ncccn4)CO3)C2)n1.O=C(O)C(F)(F)F. The third-order valence-corrected chi connectivity index (χ3v) is 5.30. The average Bonchev–Trinajstić information content (AvgIpc) is 3.10. The summed E-state index contributed by atoms with van der Waals surface area (Å²) < 4.78 is 38.0. The van der Waals surface area contributed by atoms with Gasteiger partial charge in [0.2, 0.25) is 5.95 Å². The molecule has 0 bridgehead atoms. The number of nitrogens with one attached hydrogen (secondary N) is 1. The Kier molecular flexibility index (Phi) is 7.62. The Bertz CT molecular complexity index is 900. The molecule has 2 saturated heterocycles. The summed E-state index contributed by atoms with van der Waals surface area (Å²) in [6.07, 6.45) is 1.73. The first-order valence-corrected chi connectivity index (χ1v) is 10.3. The summed E-state index contributed by atoms with van der Waals surface area (Å²) in [5.41, 5.74) is 2.17. The minimum absolute atomic E-state index is 0.0471. The van der Waals surface area contributed by atoms with Gasteiger partial charge in [-0.3, -0.25) is 9.88 Å². The van der Waals surface area contributed by atoms with E-state index in [1.807, 2.05) is 19.1 Å². The van der Waals surface area contributed by atoms with Crippen LogP contribution in [-0.4, -0.2) is 68.4 Å². The van der Waals surface area contributed by atoms with Crippen molar-refractivity contribution in [2.45, 2.75) is 50.6 Å². The van der Waals surface area contributed by atoms with Crippen LogP contribution in [0.15, 0.2) is 36.7 Å². The topological polar surface area (TPSA) is 100 Å². The molecule has 2 aromatic rings. The van der Waals surface area contributed by atoms with Crippen LogP contribution in [-0.2, 0) is 16.1 Å². The smallest absolute Gasteiger partial charge is 0.475 e. The van der Waals surface area contributed by atoms with E-state index in [2.05, 4.69) is 37.3 Å². The predicted octanol–water partition coefficient (Wildman–Crippen LogP) is 3.05. The molecule has 2 fully saturated rings. The molecule has 0 aromatic carbocycles. The monoisotopic (exact) mass is 453 g/mol. The van der Waals surface area contributed by atoms with Gasteiger partial charge in [-0.1, -0.05) is 6.07 Å². The maximum atomic E-state index is 10.6. The van der Waals surface area contributed by atoms with Crippen molar-refractivity contribution in [2.24, 2.45) is 0 Å². The number of rotatable bonds is 4. The summed E-state index contributed by atoms with van der Waals surface area (Å²) in [4.78, 5) is 24.5. The molecule has 2 aliphatic heterocycles. The number of pyridine rings is 1. The first-order valence-electron chi connectivity index (χ1n) is 10.3. The van der Waals surface area contributed by atoms with Crippen molar-refractivity contribution in [3.8, 4) is 0 Å². The number of ether oxygens (including phenoxy) is 1. The number of aliphatic carboxylic acids is 1. The summed E-state index contributed by atoms with van der Waals surface area (Å²) in [6, 6.07) is 8.35. The summed E-state index contributed by atoms with van der Waals surface area (Å²) in [6.45, 7) is 5.74. The lowest BCUT2D eigenvalue weighted by Crippen LogP contribution is -2.47. The molecule has 2 N–H and O–H groups in total. The number of piperidine rings is 1. The molecule has 2 atom stereocenters.